The molecule has 0 aliphatic carbocycles. The number of rotatable bonds is 6. The zero-order chi connectivity index (χ0) is 16.8. The summed E-state index contributed by atoms with van der Waals surface area (Å²) in [5.41, 5.74) is 1.78. The molecule has 0 fully saturated rings. The van der Waals surface area contributed by atoms with Crippen molar-refractivity contribution in [2.75, 3.05) is 12.4 Å². The average molecular weight is 340 g/mol. The molecule has 6 nitrogen and oxygen atoms in total. The minimum atomic E-state index is -0.274. The van der Waals surface area contributed by atoms with Gasteiger partial charge in [0, 0.05) is 11.8 Å². The molecule has 1 aromatic carbocycles. The molecular formula is C17H16N4O2S. The van der Waals surface area contributed by atoms with Crippen molar-refractivity contribution >= 4 is 17.7 Å². The SMILES string of the molecule is CCOC(=O)CSc1nnc(-c2ccccc2)n1-c1cccnc1. The van der Waals surface area contributed by atoms with Crippen LogP contribution in [0.2, 0.25) is 0 Å². The second-order valence-electron chi connectivity index (χ2n) is 4.81. The Bertz CT molecular complexity index is 806. The van der Waals surface area contributed by atoms with Gasteiger partial charge in [-0.2, -0.15) is 0 Å². The topological polar surface area (TPSA) is 69.9 Å². The lowest BCUT2D eigenvalue weighted by Gasteiger charge is -2.09. The number of hydrogen-bond acceptors (Lipinski definition) is 6. The van der Waals surface area contributed by atoms with E-state index in [0.29, 0.717) is 17.6 Å². The molecular weight excluding hydrogens is 324 g/mol. The molecule has 7 heteroatoms. The molecule has 3 rings (SSSR count). The lowest BCUT2D eigenvalue weighted by atomic mass is 10.2. The summed E-state index contributed by atoms with van der Waals surface area (Å²) in [5.74, 6) is 0.612. The summed E-state index contributed by atoms with van der Waals surface area (Å²) < 4.78 is 6.87. The fourth-order valence-electron chi connectivity index (χ4n) is 2.18. The van der Waals surface area contributed by atoms with Gasteiger partial charge in [-0.15, -0.1) is 10.2 Å². The van der Waals surface area contributed by atoms with Gasteiger partial charge in [0.25, 0.3) is 0 Å². The molecule has 3 aromatic rings. The minimum absolute atomic E-state index is 0.182. The van der Waals surface area contributed by atoms with Gasteiger partial charge in [0.15, 0.2) is 11.0 Å². The molecule has 0 bridgehead atoms. The summed E-state index contributed by atoms with van der Waals surface area (Å²) >= 11 is 1.29. The summed E-state index contributed by atoms with van der Waals surface area (Å²) in [7, 11) is 0. The molecule has 0 amide bonds. The molecule has 0 aliphatic heterocycles. The van der Waals surface area contributed by atoms with Gasteiger partial charge in [0.05, 0.1) is 24.2 Å². The lowest BCUT2D eigenvalue weighted by Crippen LogP contribution is -2.08. The first-order valence-corrected chi connectivity index (χ1v) is 8.48. The molecule has 0 spiro atoms. The third kappa shape index (κ3) is 3.62. The standard InChI is InChI=1S/C17H16N4O2S/c1-2-23-15(22)12-24-17-20-19-16(13-7-4-3-5-8-13)21(17)14-9-6-10-18-11-14/h3-11H,2,12H2,1H3. The fraction of sp³-hybridized carbons (Fsp3) is 0.176. The molecule has 0 atom stereocenters. The van der Waals surface area contributed by atoms with E-state index in [4.69, 9.17) is 4.74 Å². The monoisotopic (exact) mass is 340 g/mol. The molecule has 0 N–H and O–H groups in total. The average Bonchev–Trinajstić information content (AvgIpc) is 3.06. The van der Waals surface area contributed by atoms with Crippen LogP contribution >= 0.6 is 11.8 Å². The number of carbonyl (C=O) groups is 1. The van der Waals surface area contributed by atoms with Crippen molar-refractivity contribution in [3.8, 4) is 17.1 Å². The fourth-order valence-corrected chi connectivity index (χ4v) is 2.93. The van der Waals surface area contributed by atoms with E-state index in [-0.39, 0.29) is 11.7 Å². The van der Waals surface area contributed by atoms with Crippen LogP contribution in [0.1, 0.15) is 6.92 Å². The highest BCUT2D eigenvalue weighted by Gasteiger charge is 2.17. The molecule has 24 heavy (non-hydrogen) atoms. The third-order valence-corrected chi connectivity index (χ3v) is 4.10. The number of esters is 1. The number of carbonyl (C=O) groups excluding carboxylic acids is 1. The van der Waals surface area contributed by atoms with Crippen molar-refractivity contribution in [2.45, 2.75) is 12.1 Å². The summed E-state index contributed by atoms with van der Waals surface area (Å²) in [5, 5.41) is 9.16. The van der Waals surface area contributed by atoms with Gasteiger partial charge < -0.3 is 4.74 Å². The first kappa shape index (κ1) is 16.2. The van der Waals surface area contributed by atoms with Crippen molar-refractivity contribution in [2.24, 2.45) is 0 Å². The van der Waals surface area contributed by atoms with Gasteiger partial charge in [-0.3, -0.25) is 14.3 Å². The maximum atomic E-state index is 11.6. The second kappa shape index (κ2) is 7.74. The summed E-state index contributed by atoms with van der Waals surface area (Å²) in [4.78, 5) is 15.8. The Morgan fingerprint density at radius 2 is 2.00 bits per heavy atom. The number of thioether (sulfide) groups is 1. The number of hydrogen-bond donors (Lipinski definition) is 0. The molecule has 2 heterocycles. The molecule has 2 aromatic heterocycles. The van der Waals surface area contributed by atoms with Crippen LogP contribution in [0.25, 0.3) is 17.1 Å². The predicted molar refractivity (Wildman–Crippen MR) is 91.9 cm³/mol. The molecule has 0 aliphatic rings. The predicted octanol–water partition coefficient (Wildman–Crippen LogP) is 2.98. The van der Waals surface area contributed by atoms with Crippen molar-refractivity contribution < 1.29 is 9.53 Å². The van der Waals surface area contributed by atoms with E-state index in [1.54, 1.807) is 19.3 Å². The first-order chi connectivity index (χ1) is 11.8. The highest BCUT2D eigenvalue weighted by Crippen LogP contribution is 2.27. The van der Waals surface area contributed by atoms with E-state index >= 15 is 0 Å². The Morgan fingerprint density at radius 1 is 1.17 bits per heavy atom. The van der Waals surface area contributed by atoms with E-state index in [2.05, 4.69) is 15.2 Å². The Morgan fingerprint density at radius 3 is 2.71 bits per heavy atom. The van der Waals surface area contributed by atoms with Gasteiger partial charge in [0.1, 0.15) is 0 Å². The first-order valence-electron chi connectivity index (χ1n) is 7.49. The smallest absolute Gasteiger partial charge is 0.316 e. The molecule has 122 valence electrons. The summed E-state index contributed by atoms with van der Waals surface area (Å²) in [6.07, 6.45) is 3.45. The highest BCUT2D eigenvalue weighted by molar-refractivity contribution is 7.99. The molecule has 0 saturated heterocycles. The van der Waals surface area contributed by atoms with Crippen LogP contribution in [-0.2, 0) is 9.53 Å². The van der Waals surface area contributed by atoms with E-state index in [1.165, 1.54) is 11.8 Å². The Labute approximate surface area is 143 Å². The van der Waals surface area contributed by atoms with Crippen LogP contribution in [-0.4, -0.2) is 38.1 Å². The Balaban J connectivity index is 1.98. The molecule has 0 saturated carbocycles. The number of nitrogens with zero attached hydrogens (tertiary/aromatic N) is 4. The third-order valence-electron chi connectivity index (χ3n) is 3.19. The van der Waals surface area contributed by atoms with Crippen LogP contribution in [0.15, 0.2) is 60.0 Å². The maximum Gasteiger partial charge on any atom is 0.316 e. The maximum absolute atomic E-state index is 11.6. The van der Waals surface area contributed by atoms with Crippen molar-refractivity contribution in [3.63, 3.8) is 0 Å². The second-order valence-corrected chi connectivity index (χ2v) is 5.76. The summed E-state index contributed by atoms with van der Waals surface area (Å²) in [6.45, 7) is 2.15. The number of ether oxygens (including phenoxy) is 1. The van der Waals surface area contributed by atoms with E-state index in [1.807, 2.05) is 47.0 Å². The number of pyridine rings is 1. The normalized spacial score (nSPS) is 10.5. The number of aromatic nitrogens is 4. The van der Waals surface area contributed by atoms with E-state index < -0.39 is 0 Å². The van der Waals surface area contributed by atoms with E-state index in [0.717, 1.165) is 11.3 Å². The van der Waals surface area contributed by atoms with Crippen LogP contribution in [0.5, 0.6) is 0 Å². The van der Waals surface area contributed by atoms with Crippen LogP contribution in [0.4, 0.5) is 0 Å². The van der Waals surface area contributed by atoms with Crippen LogP contribution in [0.3, 0.4) is 0 Å². The van der Waals surface area contributed by atoms with Gasteiger partial charge in [-0.25, -0.2) is 0 Å². The summed E-state index contributed by atoms with van der Waals surface area (Å²) in [6, 6.07) is 13.6. The molecule has 0 radical (unpaired) electrons. The van der Waals surface area contributed by atoms with Crippen LogP contribution in [0, 0.1) is 0 Å². The van der Waals surface area contributed by atoms with Gasteiger partial charge >= 0.3 is 5.97 Å². The zero-order valence-corrected chi connectivity index (χ0v) is 13.9. The van der Waals surface area contributed by atoms with Crippen molar-refractivity contribution in [1.82, 2.24) is 19.7 Å². The Hall–Kier alpha value is -2.67. The largest absolute Gasteiger partial charge is 0.465 e. The van der Waals surface area contributed by atoms with Crippen molar-refractivity contribution in [3.05, 3.63) is 54.9 Å². The Kier molecular flexibility index (Phi) is 5.22. The van der Waals surface area contributed by atoms with Gasteiger partial charge in [-0.1, -0.05) is 42.1 Å². The highest BCUT2D eigenvalue weighted by atomic mass is 32.2. The minimum Gasteiger partial charge on any atom is -0.465 e. The van der Waals surface area contributed by atoms with Crippen molar-refractivity contribution in [1.29, 1.82) is 0 Å². The quantitative estimate of drug-likeness (QED) is 0.507. The van der Waals surface area contributed by atoms with Gasteiger partial charge in [0.2, 0.25) is 0 Å². The molecule has 0 unspecified atom stereocenters. The van der Waals surface area contributed by atoms with E-state index in [9.17, 15) is 4.79 Å². The van der Waals surface area contributed by atoms with Gasteiger partial charge in [-0.05, 0) is 19.1 Å². The zero-order valence-electron chi connectivity index (χ0n) is 13.1. The lowest BCUT2D eigenvalue weighted by molar-refractivity contribution is -0.139. The van der Waals surface area contributed by atoms with Crippen LogP contribution < -0.4 is 0 Å². The number of benzene rings is 1.